The summed E-state index contributed by atoms with van der Waals surface area (Å²) >= 11 is 3.35. The van der Waals surface area contributed by atoms with E-state index < -0.39 is 15.9 Å². The molecule has 0 aliphatic carbocycles. The molecule has 3 aromatic carbocycles. The van der Waals surface area contributed by atoms with Gasteiger partial charge in [0.05, 0.1) is 24.8 Å². The molecule has 0 fully saturated rings. The lowest BCUT2D eigenvalue weighted by atomic mass is 10.2. The van der Waals surface area contributed by atoms with Crippen LogP contribution in [0.3, 0.4) is 0 Å². The molecule has 0 saturated heterocycles. The Bertz CT molecular complexity index is 1170. The Balaban J connectivity index is 1.77. The van der Waals surface area contributed by atoms with Crippen LogP contribution < -0.4 is 10.2 Å². The third-order valence-electron chi connectivity index (χ3n) is 4.49. The Morgan fingerprint density at radius 2 is 1.69 bits per heavy atom. The first-order valence-corrected chi connectivity index (χ1v) is 11.9. The highest BCUT2D eigenvalue weighted by molar-refractivity contribution is 9.10. The number of amides is 1. The van der Waals surface area contributed by atoms with Gasteiger partial charge in [0.15, 0.2) is 0 Å². The molecule has 0 aliphatic heterocycles. The first kappa shape index (κ1) is 23.6. The minimum atomic E-state index is -3.94. The lowest BCUT2D eigenvalue weighted by molar-refractivity contribution is -0.121. The number of rotatable bonds is 9. The lowest BCUT2D eigenvalue weighted by Gasteiger charge is -2.21. The van der Waals surface area contributed by atoms with Crippen LogP contribution >= 0.6 is 15.9 Å². The maximum absolute atomic E-state index is 13.3. The van der Waals surface area contributed by atoms with Crippen LogP contribution in [0.1, 0.15) is 11.1 Å². The van der Waals surface area contributed by atoms with Gasteiger partial charge in [-0.25, -0.2) is 13.8 Å². The second-order valence-electron chi connectivity index (χ2n) is 6.78. The van der Waals surface area contributed by atoms with E-state index in [1.165, 1.54) is 25.5 Å². The Labute approximate surface area is 195 Å². The molecule has 0 bridgehead atoms. The molecular weight excluding hydrogens is 494 g/mol. The molecule has 0 radical (unpaired) electrons. The van der Waals surface area contributed by atoms with Crippen molar-refractivity contribution in [1.29, 1.82) is 0 Å². The van der Waals surface area contributed by atoms with Crippen molar-refractivity contribution in [2.24, 2.45) is 5.10 Å². The quantitative estimate of drug-likeness (QED) is 0.346. The summed E-state index contributed by atoms with van der Waals surface area (Å²) in [7, 11) is -2.44. The summed E-state index contributed by atoms with van der Waals surface area (Å²) in [6.45, 7) is -0.347. The summed E-state index contributed by atoms with van der Waals surface area (Å²) in [5, 5.41) is 3.93. The van der Waals surface area contributed by atoms with Crippen molar-refractivity contribution in [3.63, 3.8) is 0 Å². The highest BCUT2D eigenvalue weighted by Crippen LogP contribution is 2.21. The maximum atomic E-state index is 13.3. The van der Waals surface area contributed by atoms with Crippen molar-refractivity contribution >= 4 is 38.1 Å². The normalized spacial score (nSPS) is 11.6. The Kier molecular flexibility index (Phi) is 8.15. The summed E-state index contributed by atoms with van der Waals surface area (Å²) in [5.41, 5.74) is 3.95. The number of sulfonamides is 1. The van der Waals surface area contributed by atoms with Gasteiger partial charge < -0.3 is 4.74 Å². The molecular formula is C23H22BrN3O4S. The maximum Gasteiger partial charge on any atom is 0.255 e. The van der Waals surface area contributed by atoms with E-state index in [1.54, 1.807) is 24.3 Å². The van der Waals surface area contributed by atoms with E-state index in [0.717, 1.165) is 19.9 Å². The van der Waals surface area contributed by atoms with E-state index in [9.17, 15) is 13.2 Å². The van der Waals surface area contributed by atoms with Crippen LogP contribution in [0, 0.1) is 0 Å². The Morgan fingerprint density at radius 3 is 2.31 bits per heavy atom. The lowest BCUT2D eigenvalue weighted by Crippen LogP contribution is -2.39. The van der Waals surface area contributed by atoms with Crippen molar-refractivity contribution < 1.29 is 17.9 Å². The number of benzene rings is 3. The zero-order valence-corrected chi connectivity index (χ0v) is 19.7. The zero-order chi connectivity index (χ0) is 23.0. The van der Waals surface area contributed by atoms with Gasteiger partial charge in [-0.15, -0.1) is 0 Å². The Hall–Kier alpha value is -3.01. The highest BCUT2D eigenvalue weighted by Gasteiger charge is 2.27. The van der Waals surface area contributed by atoms with E-state index >= 15 is 0 Å². The van der Waals surface area contributed by atoms with Gasteiger partial charge in [0, 0.05) is 11.0 Å². The second kappa shape index (κ2) is 11.0. The van der Waals surface area contributed by atoms with Gasteiger partial charge in [-0.2, -0.15) is 9.41 Å². The molecule has 166 valence electrons. The summed E-state index contributed by atoms with van der Waals surface area (Å²) in [4.78, 5) is 12.6. The van der Waals surface area contributed by atoms with Gasteiger partial charge in [-0.05, 0) is 47.5 Å². The number of ether oxygens (including phenoxy) is 1. The van der Waals surface area contributed by atoms with Crippen LogP contribution in [0.2, 0.25) is 0 Å². The summed E-state index contributed by atoms with van der Waals surface area (Å²) < 4.78 is 33.7. The molecule has 32 heavy (non-hydrogen) atoms. The molecule has 0 aromatic heterocycles. The average Bonchev–Trinajstić information content (AvgIpc) is 2.80. The molecule has 3 rings (SSSR count). The number of hydrogen-bond donors (Lipinski definition) is 1. The molecule has 0 spiro atoms. The fourth-order valence-electron chi connectivity index (χ4n) is 2.83. The number of halogens is 1. The van der Waals surface area contributed by atoms with Crippen LogP contribution in [0.4, 0.5) is 0 Å². The van der Waals surface area contributed by atoms with Crippen LogP contribution in [0.25, 0.3) is 0 Å². The molecule has 0 atom stereocenters. The molecule has 3 aromatic rings. The largest absolute Gasteiger partial charge is 0.497 e. The van der Waals surface area contributed by atoms with Crippen molar-refractivity contribution in [3.05, 3.63) is 94.5 Å². The number of hydrazone groups is 1. The fraction of sp³-hybridized carbons (Fsp3) is 0.130. The smallest absolute Gasteiger partial charge is 0.255 e. The first-order chi connectivity index (χ1) is 15.4. The summed E-state index contributed by atoms with van der Waals surface area (Å²) in [5.74, 6) is -0.00930. The standard InChI is InChI=1S/C23H22BrN3O4S/c1-31-21-11-13-22(14-12-21)32(29,30)27(16-19-5-3-2-4-6-19)17-23(28)26-25-15-18-7-9-20(24)10-8-18/h2-15H,16-17H2,1H3,(H,26,28)/b25-15-. The molecule has 0 saturated carbocycles. The molecule has 0 unspecified atom stereocenters. The van der Waals surface area contributed by atoms with Crippen molar-refractivity contribution in [2.45, 2.75) is 11.4 Å². The predicted molar refractivity (Wildman–Crippen MR) is 127 cm³/mol. The predicted octanol–water partition coefficient (Wildman–Crippen LogP) is 3.80. The van der Waals surface area contributed by atoms with Crippen molar-refractivity contribution in [2.75, 3.05) is 13.7 Å². The van der Waals surface area contributed by atoms with Crippen LogP contribution in [-0.4, -0.2) is 38.5 Å². The third-order valence-corrected chi connectivity index (χ3v) is 6.83. The van der Waals surface area contributed by atoms with Crippen LogP contribution in [0.5, 0.6) is 5.75 Å². The minimum Gasteiger partial charge on any atom is -0.497 e. The van der Waals surface area contributed by atoms with E-state index in [1.807, 2.05) is 42.5 Å². The number of nitrogens with zero attached hydrogens (tertiary/aromatic N) is 2. The third kappa shape index (κ3) is 6.49. The molecule has 9 heteroatoms. The average molecular weight is 516 g/mol. The molecule has 1 amide bonds. The van der Waals surface area contributed by atoms with Gasteiger partial charge in [0.1, 0.15) is 5.75 Å². The molecule has 0 aliphatic rings. The van der Waals surface area contributed by atoms with Crippen LogP contribution in [0.15, 0.2) is 93.3 Å². The van der Waals surface area contributed by atoms with E-state index in [0.29, 0.717) is 5.75 Å². The number of nitrogens with one attached hydrogen (secondary N) is 1. The van der Waals surface area contributed by atoms with Gasteiger partial charge in [0.2, 0.25) is 10.0 Å². The number of carbonyl (C=O) groups is 1. The monoisotopic (exact) mass is 515 g/mol. The van der Waals surface area contributed by atoms with Crippen LogP contribution in [-0.2, 0) is 21.4 Å². The highest BCUT2D eigenvalue weighted by atomic mass is 79.9. The van der Waals surface area contributed by atoms with E-state index in [4.69, 9.17) is 4.74 Å². The van der Waals surface area contributed by atoms with E-state index in [-0.39, 0.29) is 18.0 Å². The summed E-state index contributed by atoms with van der Waals surface area (Å²) in [6, 6.07) is 22.5. The van der Waals surface area contributed by atoms with Gasteiger partial charge in [0.25, 0.3) is 5.91 Å². The molecule has 0 heterocycles. The number of hydrogen-bond acceptors (Lipinski definition) is 5. The fourth-order valence-corrected chi connectivity index (χ4v) is 4.48. The number of carbonyl (C=O) groups excluding carboxylic acids is 1. The van der Waals surface area contributed by atoms with E-state index in [2.05, 4.69) is 26.5 Å². The van der Waals surface area contributed by atoms with Gasteiger partial charge >= 0.3 is 0 Å². The second-order valence-corrected chi connectivity index (χ2v) is 9.63. The van der Waals surface area contributed by atoms with Gasteiger partial charge in [-0.1, -0.05) is 58.4 Å². The number of methoxy groups -OCH3 is 1. The molecule has 1 N–H and O–H groups in total. The van der Waals surface area contributed by atoms with Crippen molar-refractivity contribution in [3.8, 4) is 5.75 Å². The summed E-state index contributed by atoms with van der Waals surface area (Å²) in [6.07, 6.45) is 1.49. The zero-order valence-electron chi connectivity index (χ0n) is 17.3. The minimum absolute atomic E-state index is 0.0407. The topological polar surface area (TPSA) is 88.1 Å². The Morgan fingerprint density at radius 1 is 1.03 bits per heavy atom. The molecule has 7 nitrogen and oxygen atoms in total. The first-order valence-electron chi connectivity index (χ1n) is 9.64. The van der Waals surface area contributed by atoms with Gasteiger partial charge in [-0.3, -0.25) is 4.79 Å². The van der Waals surface area contributed by atoms with Crippen molar-refractivity contribution in [1.82, 2.24) is 9.73 Å². The SMILES string of the molecule is COc1ccc(S(=O)(=O)N(CC(=O)N/N=C\c2ccc(Br)cc2)Cc2ccccc2)cc1.